The maximum absolute atomic E-state index is 13.1. The number of nitrogens with zero attached hydrogens (tertiary/aromatic N) is 2. The number of likely N-dealkylation sites (tertiary alicyclic amines) is 1. The fourth-order valence-electron chi connectivity index (χ4n) is 5.33. The smallest absolute Gasteiger partial charge is 0.253 e. The molecule has 0 radical (unpaired) electrons. The van der Waals surface area contributed by atoms with Gasteiger partial charge in [0.2, 0.25) is 0 Å². The molecule has 1 fully saturated rings. The van der Waals surface area contributed by atoms with Crippen LogP contribution in [0.5, 0.6) is 0 Å². The van der Waals surface area contributed by atoms with Gasteiger partial charge in [0, 0.05) is 37.4 Å². The van der Waals surface area contributed by atoms with Gasteiger partial charge in [-0.25, -0.2) is 0 Å². The van der Waals surface area contributed by atoms with Crippen LogP contribution in [0.2, 0.25) is 0 Å². The molecule has 1 amide bonds. The summed E-state index contributed by atoms with van der Waals surface area (Å²) in [6, 6.07) is 22.8. The van der Waals surface area contributed by atoms with Crippen molar-refractivity contribution in [2.45, 2.75) is 45.3 Å². The number of carbonyl (C=O) groups excluding carboxylic acids is 1. The summed E-state index contributed by atoms with van der Waals surface area (Å²) < 4.78 is 0. The van der Waals surface area contributed by atoms with Gasteiger partial charge in [-0.15, -0.1) is 0 Å². The van der Waals surface area contributed by atoms with Crippen LogP contribution >= 0.6 is 0 Å². The number of piperidine rings is 1. The molecule has 1 saturated heterocycles. The minimum atomic E-state index is -0.858. The van der Waals surface area contributed by atoms with E-state index in [1.807, 2.05) is 29.2 Å². The maximum atomic E-state index is 13.1. The monoisotopic (exact) mass is 440 g/mol. The summed E-state index contributed by atoms with van der Waals surface area (Å²) in [5.41, 5.74) is 7.15. The fraction of sp³-hybridized carbons (Fsp3) is 0.345. The third-order valence-electron chi connectivity index (χ3n) is 7.54. The van der Waals surface area contributed by atoms with E-state index in [1.165, 1.54) is 22.4 Å². The van der Waals surface area contributed by atoms with E-state index in [0.29, 0.717) is 25.9 Å². The van der Waals surface area contributed by atoms with Crippen LogP contribution in [0, 0.1) is 13.8 Å². The van der Waals surface area contributed by atoms with Crippen molar-refractivity contribution in [2.24, 2.45) is 0 Å². The number of fused-ring (bicyclic) bond motifs is 1. The number of aliphatic hydroxyl groups is 1. The first-order valence-electron chi connectivity index (χ1n) is 11.9. The number of amides is 1. The van der Waals surface area contributed by atoms with Gasteiger partial charge in [0.1, 0.15) is 0 Å². The van der Waals surface area contributed by atoms with Crippen LogP contribution in [0.1, 0.15) is 51.0 Å². The summed E-state index contributed by atoms with van der Waals surface area (Å²) in [6.07, 6.45) is 2.22. The highest BCUT2D eigenvalue weighted by Crippen LogP contribution is 2.36. The van der Waals surface area contributed by atoms with Crippen LogP contribution in [0.15, 0.2) is 66.7 Å². The van der Waals surface area contributed by atoms with Crippen molar-refractivity contribution in [3.8, 4) is 0 Å². The summed E-state index contributed by atoms with van der Waals surface area (Å²) >= 11 is 0. The third kappa shape index (κ3) is 4.16. The SMILES string of the molecule is Cc1cccc(C2(O)CCN(C(=O)c3ccc(CN4CCc5ccccc54)cc3)CC2)c1C. The molecule has 0 saturated carbocycles. The van der Waals surface area contributed by atoms with Gasteiger partial charge in [0.25, 0.3) is 5.91 Å². The zero-order chi connectivity index (χ0) is 23.0. The zero-order valence-corrected chi connectivity index (χ0v) is 19.6. The summed E-state index contributed by atoms with van der Waals surface area (Å²) in [5, 5.41) is 11.3. The Morgan fingerprint density at radius 3 is 2.39 bits per heavy atom. The number of benzene rings is 3. The van der Waals surface area contributed by atoms with Gasteiger partial charge < -0.3 is 14.9 Å². The molecule has 2 heterocycles. The minimum Gasteiger partial charge on any atom is -0.385 e. The van der Waals surface area contributed by atoms with E-state index in [9.17, 15) is 9.90 Å². The minimum absolute atomic E-state index is 0.0519. The second kappa shape index (κ2) is 8.68. The van der Waals surface area contributed by atoms with E-state index in [4.69, 9.17) is 0 Å². The first kappa shape index (κ1) is 21.7. The Morgan fingerprint density at radius 2 is 1.64 bits per heavy atom. The van der Waals surface area contributed by atoms with Crippen LogP contribution in [0.3, 0.4) is 0 Å². The normalized spacial score (nSPS) is 17.2. The second-order valence-electron chi connectivity index (χ2n) is 9.57. The Labute approximate surface area is 196 Å². The molecule has 0 aliphatic carbocycles. The topological polar surface area (TPSA) is 43.8 Å². The zero-order valence-electron chi connectivity index (χ0n) is 19.6. The fourth-order valence-corrected chi connectivity index (χ4v) is 5.33. The molecule has 4 nitrogen and oxygen atoms in total. The Kier molecular flexibility index (Phi) is 5.71. The van der Waals surface area contributed by atoms with Gasteiger partial charge >= 0.3 is 0 Å². The molecule has 2 aliphatic heterocycles. The van der Waals surface area contributed by atoms with Crippen LogP contribution in [0.25, 0.3) is 0 Å². The molecular formula is C29H32N2O2. The van der Waals surface area contributed by atoms with Gasteiger partial charge in [0.15, 0.2) is 0 Å². The van der Waals surface area contributed by atoms with Gasteiger partial charge in [-0.3, -0.25) is 4.79 Å². The number of anilines is 1. The molecule has 2 aliphatic rings. The summed E-state index contributed by atoms with van der Waals surface area (Å²) in [7, 11) is 0. The van der Waals surface area contributed by atoms with Gasteiger partial charge in [-0.1, -0.05) is 48.5 Å². The van der Waals surface area contributed by atoms with Crippen LogP contribution < -0.4 is 4.90 Å². The molecule has 0 unspecified atom stereocenters. The summed E-state index contributed by atoms with van der Waals surface area (Å²) in [6.45, 7) is 7.18. The second-order valence-corrected chi connectivity index (χ2v) is 9.57. The van der Waals surface area contributed by atoms with Gasteiger partial charge in [0.05, 0.1) is 5.60 Å². The predicted octanol–water partition coefficient (Wildman–Crippen LogP) is 4.99. The number of hydrogen-bond acceptors (Lipinski definition) is 3. The van der Waals surface area contributed by atoms with E-state index in [1.54, 1.807) is 0 Å². The molecule has 0 spiro atoms. The number of rotatable bonds is 4. The molecule has 5 rings (SSSR count). The quantitative estimate of drug-likeness (QED) is 0.622. The van der Waals surface area contributed by atoms with E-state index in [-0.39, 0.29) is 5.91 Å². The third-order valence-corrected chi connectivity index (χ3v) is 7.54. The predicted molar refractivity (Wildman–Crippen MR) is 133 cm³/mol. The maximum Gasteiger partial charge on any atom is 0.253 e. The van der Waals surface area contributed by atoms with Crippen molar-refractivity contribution in [1.82, 2.24) is 4.90 Å². The van der Waals surface area contributed by atoms with E-state index >= 15 is 0 Å². The molecule has 1 N–H and O–H groups in total. The van der Waals surface area contributed by atoms with Crippen LogP contribution in [-0.2, 0) is 18.6 Å². The highest BCUT2D eigenvalue weighted by atomic mass is 16.3. The number of aryl methyl sites for hydroxylation is 1. The lowest BCUT2D eigenvalue weighted by Gasteiger charge is -2.39. The van der Waals surface area contributed by atoms with Crippen molar-refractivity contribution < 1.29 is 9.90 Å². The van der Waals surface area contributed by atoms with Crippen molar-refractivity contribution >= 4 is 11.6 Å². The lowest BCUT2D eigenvalue weighted by molar-refractivity contribution is -0.0216. The molecule has 0 atom stereocenters. The first-order valence-corrected chi connectivity index (χ1v) is 11.9. The molecule has 4 heteroatoms. The Morgan fingerprint density at radius 1 is 0.909 bits per heavy atom. The lowest BCUT2D eigenvalue weighted by Crippen LogP contribution is -2.45. The Hall–Kier alpha value is -3.11. The lowest BCUT2D eigenvalue weighted by atomic mass is 9.81. The van der Waals surface area contributed by atoms with Crippen molar-refractivity contribution in [2.75, 3.05) is 24.5 Å². The number of carbonyl (C=O) groups is 1. The highest BCUT2D eigenvalue weighted by molar-refractivity contribution is 5.94. The van der Waals surface area contributed by atoms with Gasteiger partial charge in [-0.05, 0) is 79.1 Å². The molecule has 33 heavy (non-hydrogen) atoms. The molecule has 170 valence electrons. The average molecular weight is 441 g/mol. The summed E-state index contributed by atoms with van der Waals surface area (Å²) in [5.74, 6) is 0.0519. The standard InChI is InChI=1S/C29H32N2O2/c1-21-6-5-8-26(22(21)2)29(33)15-18-30(19-16-29)28(32)25-12-10-23(11-13-25)20-31-17-14-24-7-3-4-9-27(24)31/h3-13,33H,14-20H2,1-2H3. The largest absolute Gasteiger partial charge is 0.385 e. The van der Waals surface area contributed by atoms with E-state index < -0.39 is 5.60 Å². The van der Waals surface area contributed by atoms with E-state index in [2.05, 4.69) is 61.2 Å². The molecule has 0 bridgehead atoms. The van der Waals surface area contributed by atoms with Crippen molar-refractivity contribution in [3.05, 3.63) is 100 Å². The molecular weight excluding hydrogens is 408 g/mol. The van der Waals surface area contributed by atoms with Crippen LogP contribution in [-0.4, -0.2) is 35.5 Å². The molecule has 3 aromatic carbocycles. The van der Waals surface area contributed by atoms with Crippen LogP contribution in [0.4, 0.5) is 5.69 Å². The van der Waals surface area contributed by atoms with Crippen molar-refractivity contribution in [3.63, 3.8) is 0 Å². The molecule has 3 aromatic rings. The average Bonchev–Trinajstić information content (AvgIpc) is 3.24. The molecule has 0 aromatic heterocycles. The number of hydrogen-bond donors (Lipinski definition) is 1. The Balaban J connectivity index is 1.22. The Bertz CT molecular complexity index is 1160. The first-order chi connectivity index (χ1) is 15.9. The van der Waals surface area contributed by atoms with Crippen molar-refractivity contribution in [1.29, 1.82) is 0 Å². The summed E-state index contributed by atoms with van der Waals surface area (Å²) in [4.78, 5) is 17.4. The highest BCUT2D eigenvalue weighted by Gasteiger charge is 2.36. The van der Waals surface area contributed by atoms with E-state index in [0.717, 1.165) is 36.2 Å². The van der Waals surface area contributed by atoms with Gasteiger partial charge in [-0.2, -0.15) is 0 Å². The number of para-hydroxylation sites is 1.